The molecule has 0 aliphatic carbocycles. The highest BCUT2D eigenvalue weighted by molar-refractivity contribution is 7.89. The molecule has 2 amide bonds. The third kappa shape index (κ3) is 2.87. The van der Waals surface area contributed by atoms with Gasteiger partial charge in [0.15, 0.2) is 0 Å². The van der Waals surface area contributed by atoms with Crippen molar-refractivity contribution >= 4 is 16.1 Å². The highest BCUT2D eigenvalue weighted by atomic mass is 32.2. The number of hydrogen-bond acceptors (Lipinski definition) is 3. The van der Waals surface area contributed by atoms with E-state index in [0.717, 1.165) is 5.56 Å². The van der Waals surface area contributed by atoms with Crippen LogP contribution in [-0.2, 0) is 10.0 Å². The first kappa shape index (κ1) is 13.8. The summed E-state index contributed by atoms with van der Waals surface area (Å²) >= 11 is 0. The summed E-state index contributed by atoms with van der Waals surface area (Å²) in [7, 11) is -3.55. The summed E-state index contributed by atoms with van der Waals surface area (Å²) in [6, 6.07) is 4.49. The van der Waals surface area contributed by atoms with Crippen LogP contribution in [0.15, 0.2) is 23.1 Å². The van der Waals surface area contributed by atoms with E-state index < -0.39 is 16.1 Å². The number of hydrogen-bond donors (Lipinski definition) is 2. The molecule has 1 aliphatic rings. The number of aryl methyl sites for hydroxylation is 2. The Morgan fingerprint density at radius 2 is 2.00 bits per heavy atom. The van der Waals surface area contributed by atoms with Crippen LogP contribution in [0.3, 0.4) is 0 Å². The van der Waals surface area contributed by atoms with Gasteiger partial charge in [0, 0.05) is 13.1 Å². The molecule has 1 saturated heterocycles. The number of nitrogens with two attached hydrogens (primary N) is 1. The number of nitrogens with one attached hydrogen (secondary N) is 1. The second-order valence-electron chi connectivity index (χ2n) is 4.83. The summed E-state index contributed by atoms with van der Waals surface area (Å²) in [6.07, 6.45) is 0. The summed E-state index contributed by atoms with van der Waals surface area (Å²) < 4.78 is 27.1. The van der Waals surface area contributed by atoms with Crippen LogP contribution in [0, 0.1) is 13.8 Å². The topological polar surface area (TPSA) is 92.5 Å². The Morgan fingerprint density at radius 3 is 2.58 bits per heavy atom. The lowest BCUT2D eigenvalue weighted by Gasteiger charge is -2.38. The molecule has 2 rings (SSSR count). The third-order valence-electron chi connectivity index (χ3n) is 3.15. The fourth-order valence-electron chi connectivity index (χ4n) is 2.01. The predicted octanol–water partition coefficient (Wildman–Crippen LogP) is 0.345. The first-order valence-electron chi connectivity index (χ1n) is 5.93. The fraction of sp³-hybridized carbons (Fsp3) is 0.417. The number of benzene rings is 1. The van der Waals surface area contributed by atoms with Gasteiger partial charge in [-0.2, -0.15) is 0 Å². The molecular weight excluding hydrogens is 266 g/mol. The molecule has 1 heterocycles. The zero-order chi connectivity index (χ0) is 14.2. The highest BCUT2D eigenvalue weighted by Gasteiger charge is 2.33. The molecule has 3 N–H and O–H groups in total. The number of amides is 2. The van der Waals surface area contributed by atoms with Gasteiger partial charge in [0.1, 0.15) is 0 Å². The highest BCUT2D eigenvalue weighted by Crippen LogP contribution is 2.18. The van der Waals surface area contributed by atoms with E-state index in [0.29, 0.717) is 18.7 Å². The van der Waals surface area contributed by atoms with Crippen LogP contribution in [0.1, 0.15) is 11.1 Å². The lowest BCUT2D eigenvalue weighted by atomic mass is 10.1. The molecule has 0 unspecified atom stereocenters. The molecule has 0 radical (unpaired) electrons. The molecule has 1 aliphatic heterocycles. The van der Waals surface area contributed by atoms with Gasteiger partial charge in [-0.25, -0.2) is 17.9 Å². The Kier molecular flexibility index (Phi) is 3.51. The van der Waals surface area contributed by atoms with E-state index in [9.17, 15) is 13.2 Å². The number of nitrogens with zero attached hydrogens (tertiary/aromatic N) is 1. The number of likely N-dealkylation sites (tertiary alicyclic amines) is 1. The third-order valence-corrected chi connectivity index (χ3v) is 4.81. The van der Waals surface area contributed by atoms with Gasteiger partial charge in [-0.1, -0.05) is 12.1 Å². The molecule has 1 fully saturated rings. The molecule has 0 saturated carbocycles. The van der Waals surface area contributed by atoms with Crippen molar-refractivity contribution in [3.8, 4) is 0 Å². The molecular formula is C12H17N3O3S. The number of carbonyl (C=O) groups excluding carboxylic acids is 1. The van der Waals surface area contributed by atoms with E-state index in [-0.39, 0.29) is 10.9 Å². The molecule has 0 bridgehead atoms. The van der Waals surface area contributed by atoms with Gasteiger partial charge >= 0.3 is 6.03 Å². The maximum atomic E-state index is 12.2. The Labute approximate surface area is 112 Å². The number of rotatable bonds is 3. The number of sulfonamides is 1. The zero-order valence-electron chi connectivity index (χ0n) is 10.9. The maximum Gasteiger partial charge on any atom is 0.314 e. The maximum absolute atomic E-state index is 12.2. The smallest absolute Gasteiger partial charge is 0.314 e. The summed E-state index contributed by atoms with van der Waals surface area (Å²) in [5.74, 6) is 0. The summed E-state index contributed by atoms with van der Waals surface area (Å²) in [6.45, 7) is 4.24. The Balaban J connectivity index is 2.12. The van der Waals surface area contributed by atoms with Gasteiger partial charge in [-0.15, -0.1) is 0 Å². The summed E-state index contributed by atoms with van der Waals surface area (Å²) in [5, 5.41) is 0. The fourth-order valence-corrected chi connectivity index (χ4v) is 3.56. The molecule has 1 aromatic rings. The Morgan fingerprint density at radius 1 is 1.37 bits per heavy atom. The van der Waals surface area contributed by atoms with Crippen LogP contribution in [0.25, 0.3) is 0 Å². The molecule has 19 heavy (non-hydrogen) atoms. The first-order chi connectivity index (χ1) is 8.79. The number of primary amides is 1. The van der Waals surface area contributed by atoms with E-state index in [1.807, 2.05) is 13.0 Å². The van der Waals surface area contributed by atoms with Crippen molar-refractivity contribution in [2.45, 2.75) is 24.8 Å². The van der Waals surface area contributed by atoms with Gasteiger partial charge < -0.3 is 10.6 Å². The van der Waals surface area contributed by atoms with Crippen LogP contribution in [0.2, 0.25) is 0 Å². The second-order valence-corrected chi connectivity index (χ2v) is 6.51. The minimum Gasteiger partial charge on any atom is -0.351 e. The number of carbonyl (C=O) groups is 1. The summed E-state index contributed by atoms with van der Waals surface area (Å²) in [4.78, 5) is 12.5. The van der Waals surface area contributed by atoms with Crippen LogP contribution in [0.4, 0.5) is 4.79 Å². The molecule has 7 heteroatoms. The molecule has 104 valence electrons. The lowest BCUT2D eigenvalue weighted by Crippen LogP contribution is -2.62. The van der Waals surface area contributed by atoms with E-state index in [1.54, 1.807) is 19.1 Å². The average Bonchev–Trinajstić information content (AvgIpc) is 2.25. The van der Waals surface area contributed by atoms with E-state index in [1.165, 1.54) is 4.90 Å². The van der Waals surface area contributed by atoms with Crippen molar-refractivity contribution in [1.29, 1.82) is 0 Å². The van der Waals surface area contributed by atoms with Gasteiger partial charge in [0.25, 0.3) is 0 Å². The predicted molar refractivity (Wildman–Crippen MR) is 71.2 cm³/mol. The van der Waals surface area contributed by atoms with Gasteiger partial charge in [0.2, 0.25) is 10.0 Å². The molecule has 6 nitrogen and oxygen atoms in total. The van der Waals surface area contributed by atoms with Crippen LogP contribution >= 0.6 is 0 Å². The normalized spacial score (nSPS) is 16.2. The first-order valence-corrected chi connectivity index (χ1v) is 7.42. The van der Waals surface area contributed by atoms with Crippen molar-refractivity contribution < 1.29 is 13.2 Å². The van der Waals surface area contributed by atoms with E-state index in [2.05, 4.69) is 4.72 Å². The SMILES string of the molecule is Cc1ccc(C)c(S(=O)(=O)NC2CN(C(N)=O)C2)c1. The molecule has 0 aromatic heterocycles. The molecule has 0 atom stereocenters. The number of urea groups is 1. The van der Waals surface area contributed by atoms with Crippen molar-refractivity contribution in [2.24, 2.45) is 5.73 Å². The van der Waals surface area contributed by atoms with E-state index >= 15 is 0 Å². The summed E-state index contributed by atoms with van der Waals surface area (Å²) in [5.41, 5.74) is 6.67. The monoisotopic (exact) mass is 283 g/mol. The van der Waals surface area contributed by atoms with Gasteiger partial charge in [-0.3, -0.25) is 0 Å². The lowest BCUT2D eigenvalue weighted by molar-refractivity contribution is 0.155. The zero-order valence-corrected chi connectivity index (χ0v) is 11.7. The van der Waals surface area contributed by atoms with E-state index in [4.69, 9.17) is 5.73 Å². The van der Waals surface area contributed by atoms with Crippen molar-refractivity contribution in [2.75, 3.05) is 13.1 Å². The van der Waals surface area contributed by atoms with Crippen molar-refractivity contribution in [1.82, 2.24) is 9.62 Å². The Bertz CT molecular complexity index is 607. The van der Waals surface area contributed by atoms with Gasteiger partial charge in [-0.05, 0) is 31.0 Å². The van der Waals surface area contributed by atoms with Crippen LogP contribution in [0.5, 0.6) is 0 Å². The van der Waals surface area contributed by atoms with Gasteiger partial charge in [0.05, 0.1) is 10.9 Å². The quantitative estimate of drug-likeness (QED) is 0.838. The minimum atomic E-state index is -3.55. The van der Waals surface area contributed by atoms with Crippen LogP contribution < -0.4 is 10.5 Å². The van der Waals surface area contributed by atoms with Crippen LogP contribution in [-0.4, -0.2) is 38.5 Å². The molecule has 1 aromatic carbocycles. The standard InChI is InChI=1S/C12H17N3O3S/c1-8-3-4-9(2)11(5-8)19(17,18)14-10-6-15(7-10)12(13)16/h3-5,10,14H,6-7H2,1-2H3,(H2,13,16). The Hall–Kier alpha value is -1.60. The average molecular weight is 283 g/mol. The van der Waals surface area contributed by atoms with Crippen molar-refractivity contribution in [3.63, 3.8) is 0 Å². The second kappa shape index (κ2) is 4.82. The minimum absolute atomic E-state index is 0.266. The van der Waals surface area contributed by atoms with Crippen molar-refractivity contribution in [3.05, 3.63) is 29.3 Å². The largest absolute Gasteiger partial charge is 0.351 e. The molecule has 0 spiro atoms.